The van der Waals surface area contributed by atoms with Crippen molar-refractivity contribution in [3.05, 3.63) is 59.7 Å². The molecule has 2 aromatic carbocycles. The summed E-state index contributed by atoms with van der Waals surface area (Å²) in [7, 11) is -7.25. The third-order valence-electron chi connectivity index (χ3n) is 4.98. The van der Waals surface area contributed by atoms with Gasteiger partial charge in [0.05, 0.1) is 9.79 Å². The average molecular weight is 466 g/mol. The van der Waals surface area contributed by atoms with Crippen LogP contribution in [-0.4, -0.2) is 51.8 Å². The standard InChI is InChI=1S/C20H23N3O6S2/c1-14-5-9-17(10-6-14)31(28,29)23-13-3-4-18(23)20(25)22-21-19(24)15-7-11-16(12-8-15)30(2,26)27/h5-12,18H,3-4,13H2,1-2H3,(H,21,24)(H,22,25)/t18-/m0/s1. The van der Waals surface area contributed by atoms with Gasteiger partial charge in [-0.15, -0.1) is 0 Å². The first-order chi connectivity index (χ1) is 14.5. The Morgan fingerprint density at radius 1 is 0.903 bits per heavy atom. The van der Waals surface area contributed by atoms with Gasteiger partial charge < -0.3 is 0 Å². The highest BCUT2D eigenvalue weighted by Gasteiger charge is 2.39. The summed E-state index contributed by atoms with van der Waals surface area (Å²) < 4.78 is 50.0. The Bertz CT molecular complexity index is 1190. The van der Waals surface area contributed by atoms with Gasteiger partial charge in [-0.1, -0.05) is 17.7 Å². The molecular weight excluding hydrogens is 442 g/mol. The van der Waals surface area contributed by atoms with Crippen molar-refractivity contribution in [2.24, 2.45) is 0 Å². The van der Waals surface area contributed by atoms with Crippen LogP contribution >= 0.6 is 0 Å². The van der Waals surface area contributed by atoms with Gasteiger partial charge in [0.15, 0.2) is 9.84 Å². The van der Waals surface area contributed by atoms with E-state index in [0.717, 1.165) is 16.1 Å². The van der Waals surface area contributed by atoms with Gasteiger partial charge in [-0.05, 0) is 56.2 Å². The van der Waals surface area contributed by atoms with Gasteiger partial charge in [-0.3, -0.25) is 20.4 Å². The highest BCUT2D eigenvalue weighted by atomic mass is 32.2. The van der Waals surface area contributed by atoms with Crippen molar-refractivity contribution in [2.45, 2.75) is 35.6 Å². The number of carbonyl (C=O) groups is 2. The topological polar surface area (TPSA) is 130 Å². The van der Waals surface area contributed by atoms with Crippen LogP contribution in [0.2, 0.25) is 0 Å². The minimum absolute atomic E-state index is 0.0657. The van der Waals surface area contributed by atoms with Crippen LogP contribution in [-0.2, 0) is 24.7 Å². The van der Waals surface area contributed by atoms with Crippen molar-refractivity contribution in [2.75, 3.05) is 12.8 Å². The molecule has 2 aromatic rings. The number of sulfonamides is 1. The Kier molecular flexibility index (Phi) is 6.48. The number of hydrazine groups is 1. The van der Waals surface area contributed by atoms with Crippen LogP contribution in [0.4, 0.5) is 0 Å². The van der Waals surface area contributed by atoms with Crippen LogP contribution in [0.15, 0.2) is 58.3 Å². The van der Waals surface area contributed by atoms with Gasteiger partial charge in [0.1, 0.15) is 6.04 Å². The van der Waals surface area contributed by atoms with Crippen molar-refractivity contribution >= 4 is 31.7 Å². The van der Waals surface area contributed by atoms with E-state index in [1.165, 1.54) is 36.4 Å². The Labute approximate surface area is 181 Å². The third kappa shape index (κ3) is 5.12. The minimum atomic E-state index is -3.86. The van der Waals surface area contributed by atoms with E-state index < -0.39 is 37.7 Å². The molecule has 0 saturated carbocycles. The molecule has 11 heteroatoms. The van der Waals surface area contributed by atoms with Crippen LogP contribution in [0.25, 0.3) is 0 Å². The first kappa shape index (κ1) is 22.9. The Morgan fingerprint density at radius 2 is 1.48 bits per heavy atom. The zero-order valence-electron chi connectivity index (χ0n) is 17.0. The van der Waals surface area contributed by atoms with E-state index >= 15 is 0 Å². The molecular formula is C20H23N3O6S2. The molecule has 3 rings (SSSR count). The van der Waals surface area contributed by atoms with Crippen LogP contribution in [0, 0.1) is 6.92 Å². The van der Waals surface area contributed by atoms with E-state index in [1.807, 2.05) is 6.92 Å². The summed E-state index contributed by atoms with van der Waals surface area (Å²) in [5.74, 6) is -1.30. The van der Waals surface area contributed by atoms with Gasteiger partial charge in [-0.2, -0.15) is 4.31 Å². The molecule has 2 N–H and O–H groups in total. The first-order valence-electron chi connectivity index (χ1n) is 9.49. The maximum absolute atomic E-state index is 12.9. The molecule has 0 spiro atoms. The van der Waals surface area contributed by atoms with Gasteiger partial charge in [0.25, 0.3) is 11.8 Å². The number of nitrogens with zero attached hydrogens (tertiary/aromatic N) is 1. The maximum Gasteiger partial charge on any atom is 0.269 e. The molecule has 166 valence electrons. The fourth-order valence-electron chi connectivity index (χ4n) is 3.26. The summed E-state index contributed by atoms with van der Waals surface area (Å²) >= 11 is 0. The Balaban J connectivity index is 1.67. The molecule has 1 heterocycles. The van der Waals surface area contributed by atoms with Crippen LogP contribution < -0.4 is 10.9 Å². The van der Waals surface area contributed by atoms with Crippen molar-refractivity contribution in [3.63, 3.8) is 0 Å². The molecule has 2 amide bonds. The molecule has 31 heavy (non-hydrogen) atoms. The van der Waals surface area contributed by atoms with Crippen molar-refractivity contribution < 1.29 is 26.4 Å². The zero-order chi connectivity index (χ0) is 22.8. The number of sulfone groups is 1. The summed E-state index contributed by atoms with van der Waals surface area (Å²) in [5.41, 5.74) is 5.57. The second kappa shape index (κ2) is 8.77. The normalized spacial score (nSPS) is 17.3. The fraction of sp³-hybridized carbons (Fsp3) is 0.300. The number of hydrogen-bond donors (Lipinski definition) is 2. The van der Waals surface area contributed by atoms with E-state index in [1.54, 1.807) is 12.1 Å². The summed E-state index contributed by atoms with van der Waals surface area (Å²) in [6, 6.07) is 10.7. The molecule has 0 unspecified atom stereocenters. The molecule has 1 saturated heterocycles. The van der Waals surface area contributed by atoms with Crippen LogP contribution in [0.3, 0.4) is 0 Å². The fourth-order valence-corrected chi connectivity index (χ4v) is 5.55. The summed E-state index contributed by atoms with van der Waals surface area (Å²) in [5, 5.41) is 0. The highest BCUT2D eigenvalue weighted by molar-refractivity contribution is 7.90. The number of rotatable bonds is 5. The molecule has 0 bridgehead atoms. The van der Waals surface area contributed by atoms with Gasteiger partial charge in [0, 0.05) is 18.4 Å². The second-order valence-electron chi connectivity index (χ2n) is 7.33. The lowest BCUT2D eigenvalue weighted by atomic mass is 10.2. The summed E-state index contributed by atoms with van der Waals surface area (Å²) in [4.78, 5) is 25.0. The van der Waals surface area contributed by atoms with E-state index in [9.17, 15) is 26.4 Å². The second-order valence-corrected chi connectivity index (χ2v) is 11.2. The minimum Gasteiger partial charge on any atom is -0.271 e. The van der Waals surface area contributed by atoms with Gasteiger partial charge in [0.2, 0.25) is 10.0 Å². The molecule has 9 nitrogen and oxygen atoms in total. The smallest absolute Gasteiger partial charge is 0.269 e. The number of aryl methyl sites for hydroxylation is 1. The number of amides is 2. The summed E-state index contributed by atoms with van der Waals surface area (Å²) in [6.07, 6.45) is 1.90. The van der Waals surface area contributed by atoms with Gasteiger partial charge in [-0.25, -0.2) is 16.8 Å². The van der Waals surface area contributed by atoms with Crippen molar-refractivity contribution in [1.82, 2.24) is 15.2 Å². The van der Waals surface area contributed by atoms with E-state index in [-0.39, 0.29) is 21.9 Å². The molecule has 1 atom stereocenters. The molecule has 1 aliphatic rings. The molecule has 1 fully saturated rings. The van der Waals surface area contributed by atoms with Crippen LogP contribution in [0.1, 0.15) is 28.8 Å². The lowest BCUT2D eigenvalue weighted by Gasteiger charge is -2.23. The monoisotopic (exact) mass is 465 g/mol. The first-order valence-corrected chi connectivity index (χ1v) is 12.8. The molecule has 0 aromatic heterocycles. The molecule has 0 aliphatic carbocycles. The van der Waals surface area contributed by atoms with E-state index in [4.69, 9.17) is 0 Å². The zero-order valence-corrected chi connectivity index (χ0v) is 18.7. The predicted octanol–water partition coefficient (Wildman–Crippen LogP) is 1.01. The number of nitrogens with one attached hydrogen (secondary N) is 2. The van der Waals surface area contributed by atoms with E-state index in [0.29, 0.717) is 12.8 Å². The lowest BCUT2D eigenvalue weighted by molar-refractivity contribution is -0.125. The summed E-state index contributed by atoms with van der Waals surface area (Å²) in [6.45, 7) is 2.05. The highest BCUT2D eigenvalue weighted by Crippen LogP contribution is 2.26. The SMILES string of the molecule is Cc1ccc(S(=O)(=O)N2CCC[C@H]2C(=O)NNC(=O)c2ccc(S(C)(=O)=O)cc2)cc1. The predicted molar refractivity (Wildman–Crippen MR) is 113 cm³/mol. The molecule has 1 aliphatic heterocycles. The molecule has 0 radical (unpaired) electrons. The van der Waals surface area contributed by atoms with Crippen molar-refractivity contribution in [1.29, 1.82) is 0 Å². The number of carbonyl (C=O) groups excluding carboxylic acids is 2. The number of benzene rings is 2. The third-order valence-corrected chi connectivity index (χ3v) is 8.03. The lowest BCUT2D eigenvalue weighted by Crippen LogP contribution is -2.51. The maximum atomic E-state index is 12.9. The van der Waals surface area contributed by atoms with Crippen LogP contribution in [0.5, 0.6) is 0 Å². The average Bonchev–Trinajstić information content (AvgIpc) is 3.22. The van der Waals surface area contributed by atoms with E-state index in [2.05, 4.69) is 10.9 Å². The van der Waals surface area contributed by atoms with Gasteiger partial charge >= 0.3 is 0 Å². The number of hydrogen-bond acceptors (Lipinski definition) is 6. The Hall–Kier alpha value is -2.76. The quantitative estimate of drug-likeness (QED) is 0.634. The Morgan fingerprint density at radius 3 is 2.06 bits per heavy atom. The largest absolute Gasteiger partial charge is 0.271 e. The van der Waals surface area contributed by atoms with Crippen molar-refractivity contribution in [3.8, 4) is 0 Å².